The summed E-state index contributed by atoms with van der Waals surface area (Å²) in [5.41, 5.74) is 2.25. The third-order valence-electron chi connectivity index (χ3n) is 3.13. The summed E-state index contributed by atoms with van der Waals surface area (Å²) < 4.78 is 4.93. The largest absolute Gasteiger partial charge is 0.460 e. The van der Waals surface area contributed by atoms with Crippen LogP contribution < -0.4 is 5.32 Å². The van der Waals surface area contributed by atoms with E-state index in [1.165, 1.54) is 11.8 Å². The van der Waals surface area contributed by atoms with Crippen LogP contribution in [0.5, 0.6) is 0 Å². The van der Waals surface area contributed by atoms with Gasteiger partial charge in [-0.3, -0.25) is 4.79 Å². The molecular weight excluding hydrogens is 326 g/mol. The van der Waals surface area contributed by atoms with Crippen molar-refractivity contribution < 1.29 is 19.4 Å². The van der Waals surface area contributed by atoms with Crippen LogP contribution in [0.1, 0.15) is 15.9 Å². The minimum atomic E-state index is -0.508. The quantitative estimate of drug-likeness (QED) is 0.596. The predicted molar refractivity (Wildman–Crippen MR) is 94.3 cm³/mol. The van der Waals surface area contributed by atoms with E-state index >= 15 is 0 Å². The van der Waals surface area contributed by atoms with Crippen molar-refractivity contribution in [2.75, 3.05) is 24.3 Å². The Morgan fingerprint density at radius 1 is 1.12 bits per heavy atom. The highest BCUT2D eigenvalue weighted by molar-refractivity contribution is 8.00. The van der Waals surface area contributed by atoms with E-state index in [1.54, 1.807) is 24.3 Å². The smallest absolute Gasteiger partial charge is 0.339 e. The number of ether oxygens (including phenoxy) is 1. The molecule has 126 valence electrons. The first-order valence-corrected chi connectivity index (χ1v) is 8.45. The Labute approximate surface area is 145 Å². The van der Waals surface area contributed by atoms with E-state index in [4.69, 9.17) is 9.84 Å². The molecule has 2 aromatic carbocycles. The number of hydrogen-bond donors (Lipinski definition) is 2. The number of aliphatic hydroxyl groups is 1. The van der Waals surface area contributed by atoms with Crippen LogP contribution in [0, 0.1) is 6.92 Å². The number of thioether (sulfide) groups is 1. The second-order valence-electron chi connectivity index (χ2n) is 5.06. The van der Waals surface area contributed by atoms with Crippen molar-refractivity contribution in [1.82, 2.24) is 0 Å². The number of hydrogen-bond acceptors (Lipinski definition) is 5. The number of amides is 1. The van der Waals surface area contributed by atoms with Gasteiger partial charge in [-0.25, -0.2) is 4.79 Å². The fraction of sp³-hybridized carbons (Fsp3) is 0.222. The standard InChI is InChI=1S/C18H19NO4S/c1-13-6-8-14(9-7-13)19-17(21)12-24-16-5-3-2-4-15(16)18(22)23-11-10-20/h2-9,20H,10-12H2,1H3,(H,19,21). The van der Waals surface area contributed by atoms with Gasteiger partial charge >= 0.3 is 5.97 Å². The van der Waals surface area contributed by atoms with E-state index in [0.29, 0.717) is 10.5 Å². The van der Waals surface area contributed by atoms with E-state index in [2.05, 4.69) is 5.32 Å². The highest BCUT2D eigenvalue weighted by Crippen LogP contribution is 2.23. The molecule has 24 heavy (non-hydrogen) atoms. The number of carbonyl (C=O) groups excluding carboxylic acids is 2. The van der Waals surface area contributed by atoms with Crippen LogP contribution in [0.25, 0.3) is 0 Å². The predicted octanol–water partition coefficient (Wildman–Crippen LogP) is 2.87. The lowest BCUT2D eigenvalue weighted by atomic mass is 10.2. The fourth-order valence-corrected chi connectivity index (χ4v) is 2.79. The summed E-state index contributed by atoms with van der Waals surface area (Å²) in [4.78, 5) is 24.7. The monoisotopic (exact) mass is 345 g/mol. The van der Waals surface area contributed by atoms with Gasteiger partial charge in [-0.05, 0) is 31.2 Å². The van der Waals surface area contributed by atoms with Crippen molar-refractivity contribution in [1.29, 1.82) is 0 Å². The van der Waals surface area contributed by atoms with Gasteiger partial charge in [0.15, 0.2) is 0 Å². The molecule has 2 rings (SSSR count). The Kier molecular flexibility index (Phi) is 6.84. The molecule has 0 bridgehead atoms. The highest BCUT2D eigenvalue weighted by Gasteiger charge is 2.14. The summed E-state index contributed by atoms with van der Waals surface area (Å²) in [6.45, 7) is 1.71. The molecule has 0 spiro atoms. The third kappa shape index (κ3) is 5.40. The van der Waals surface area contributed by atoms with Crippen LogP contribution in [-0.4, -0.2) is 35.9 Å². The number of nitrogens with one attached hydrogen (secondary N) is 1. The summed E-state index contributed by atoms with van der Waals surface area (Å²) >= 11 is 1.26. The molecule has 0 radical (unpaired) electrons. The minimum absolute atomic E-state index is 0.0499. The van der Waals surface area contributed by atoms with Gasteiger partial charge < -0.3 is 15.2 Å². The van der Waals surface area contributed by atoms with E-state index in [1.807, 2.05) is 31.2 Å². The van der Waals surface area contributed by atoms with Crippen LogP contribution in [0.4, 0.5) is 5.69 Å². The molecule has 0 aliphatic rings. The molecule has 0 saturated heterocycles. The van der Waals surface area contributed by atoms with E-state index in [9.17, 15) is 9.59 Å². The van der Waals surface area contributed by atoms with Gasteiger partial charge in [-0.15, -0.1) is 11.8 Å². The Balaban J connectivity index is 1.95. The summed E-state index contributed by atoms with van der Waals surface area (Å²) in [6, 6.07) is 14.5. The van der Waals surface area contributed by atoms with Crippen molar-refractivity contribution in [2.24, 2.45) is 0 Å². The highest BCUT2D eigenvalue weighted by atomic mass is 32.2. The lowest BCUT2D eigenvalue weighted by molar-refractivity contribution is -0.113. The number of benzene rings is 2. The summed E-state index contributed by atoms with van der Waals surface area (Å²) in [5, 5.41) is 11.5. The Morgan fingerprint density at radius 3 is 2.54 bits per heavy atom. The van der Waals surface area contributed by atoms with Crippen LogP contribution in [0.15, 0.2) is 53.4 Å². The maximum Gasteiger partial charge on any atom is 0.339 e. The molecule has 0 fully saturated rings. The summed E-state index contributed by atoms with van der Waals surface area (Å²) in [7, 11) is 0. The normalized spacial score (nSPS) is 10.2. The average Bonchev–Trinajstić information content (AvgIpc) is 2.60. The molecule has 0 saturated carbocycles. The number of rotatable bonds is 7. The Morgan fingerprint density at radius 2 is 1.83 bits per heavy atom. The number of aryl methyl sites for hydroxylation is 1. The SMILES string of the molecule is Cc1ccc(NC(=O)CSc2ccccc2C(=O)OCCO)cc1. The summed E-state index contributed by atoms with van der Waals surface area (Å²) in [6.07, 6.45) is 0. The van der Waals surface area contributed by atoms with Crippen molar-refractivity contribution in [3.8, 4) is 0 Å². The molecule has 0 aliphatic heterocycles. The van der Waals surface area contributed by atoms with Gasteiger partial charge in [0.05, 0.1) is 17.9 Å². The zero-order chi connectivity index (χ0) is 17.4. The lowest BCUT2D eigenvalue weighted by Crippen LogP contribution is -2.15. The molecule has 0 aliphatic carbocycles. The van der Waals surface area contributed by atoms with E-state index in [-0.39, 0.29) is 24.9 Å². The maximum atomic E-state index is 12.0. The van der Waals surface area contributed by atoms with Gasteiger partial charge in [0.25, 0.3) is 0 Å². The van der Waals surface area contributed by atoms with E-state index in [0.717, 1.165) is 11.3 Å². The molecule has 0 unspecified atom stereocenters. The number of aliphatic hydroxyl groups excluding tert-OH is 1. The zero-order valence-corrected chi connectivity index (χ0v) is 14.1. The van der Waals surface area contributed by atoms with Crippen molar-refractivity contribution in [3.63, 3.8) is 0 Å². The Bertz CT molecular complexity index is 700. The van der Waals surface area contributed by atoms with Crippen LogP contribution >= 0.6 is 11.8 Å². The molecule has 2 N–H and O–H groups in total. The molecule has 0 heterocycles. The van der Waals surface area contributed by atoms with Gasteiger partial charge in [0.1, 0.15) is 6.61 Å². The van der Waals surface area contributed by atoms with Gasteiger partial charge in [0, 0.05) is 10.6 Å². The van der Waals surface area contributed by atoms with Gasteiger partial charge in [-0.1, -0.05) is 29.8 Å². The van der Waals surface area contributed by atoms with Gasteiger partial charge in [0.2, 0.25) is 5.91 Å². The van der Waals surface area contributed by atoms with Crippen LogP contribution in [-0.2, 0) is 9.53 Å². The minimum Gasteiger partial charge on any atom is -0.460 e. The number of carbonyl (C=O) groups is 2. The first kappa shape index (κ1) is 18.0. The molecule has 1 amide bonds. The lowest BCUT2D eigenvalue weighted by Gasteiger charge is -2.09. The first-order valence-electron chi connectivity index (χ1n) is 7.46. The second-order valence-corrected chi connectivity index (χ2v) is 6.08. The van der Waals surface area contributed by atoms with Crippen molar-refractivity contribution >= 4 is 29.3 Å². The molecule has 5 nitrogen and oxygen atoms in total. The van der Waals surface area contributed by atoms with Crippen molar-refractivity contribution in [2.45, 2.75) is 11.8 Å². The number of anilines is 1. The van der Waals surface area contributed by atoms with E-state index < -0.39 is 5.97 Å². The molecule has 6 heteroatoms. The van der Waals surface area contributed by atoms with Crippen molar-refractivity contribution in [3.05, 3.63) is 59.7 Å². The van der Waals surface area contributed by atoms with Crippen LogP contribution in [0.3, 0.4) is 0 Å². The molecule has 2 aromatic rings. The topological polar surface area (TPSA) is 75.6 Å². The third-order valence-corrected chi connectivity index (χ3v) is 4.20. The Hall–Kier alpha value is -2.31. The first-order chi connectivity index (χ1) is 11.6. The zero-order valence-electron chi connectivity index (χ0n) is 13.3. The maximum absolute atomic E-state index is 12.0. The number of esters is 1. The second kappa shape index (κ2) is 9.10. The average molecular weight is 345 g/mol. The van der Waals surface area contributed by atoms with Gasteiger partial charge in [-0.2, -0.15) is 0 Å². The molecular formula is C18H19NO4S. The summed E-state index contributed by atoms with van der Waals surface area (Å²) in [5.74, 6) is -0.480. The molecule has 0 aromatic heterocycles. The fourth-order valence-electron chi connectivity index (χ4n) is 1.95. The van der Waals surface area contributed by atoms with Crippen LogP contribution in [0.2, 0.25) is 0 Å². The molecule has 0 atom stereocenters.